The zero-order valence-corrected chi connectivity index (χ0v) is 16.1. The molecule has 0 aliphatic heterocycles. The van der Waals surface area contributed by atoms with Crippen molar-refractivity contribution < 1.29 is 4.52 Å². The molecule has 0 amide bonds. The van der Waals surface area contributed by atoms with Crippen LogP contribution >= 0.6 is 27.3 Å². The average molecular weight is 399 g/mol. The lowest BCUT2D eigenvalue weighted by Crippen LogP contribution is -2.38. The summed E-state index contributed by atoms with van der Waals surface area (Å²) in [7, 11) is 0. The fourth-order valence-corrected chi connectivity index (χ4v) is 3.45. The van der Waals surface area contributed by atoms with Gasteiger partial charge in [0.25, 0.3) is 0 Å². The van der Waals surface area contributed by atoms with Crippen LogP contribution in [0.25, 0.3) is 0 Å². The predicted molar refractivity (Wildman–Crippen MR) is 99.1 cm³/mol. The zero-order chi connectivity index (χ0) is 16.7. The van der Waals surface area contributed by atoms with Gasteiger partial charge < -0.3 is 15.2 Å². The Morgan fingerprint density at radius 1 is 1.39 bits per heavy atom. The summed E-state index contributed by atoms with van der Waals surface area (Å²) in [5.41, 5.74) is 0.969. The minimum absolute atomic E-state index is 0.368. The van der Waals surface area contributed by atoms with Crippen LogP contribution in [0.3, 0.4) is 0 Å². The third-order valence-corrected chi connectivity index (χ3v) is 4.88. The van der Waals surface area contributed by atoms with Gasteiger partial charge in [0.05, 0.1) is 9.48 Å². The van der Waals surface area contributed by atoms with E-state index in [0.29, 0.717) is 12.5 Å². The summed E-state index contributed by atoms with van der Waals surface area (Å²) < 4.78 is 6.48. The summed E-state index contributed by atoms with van der Waals surface area (Å²) in [5.74, 6) is 1.95. The monoisotopic (exact) mass is 398 g/mol. The van der Waals surface area contributed by atoms with Gasteiger partial charge in [-0.05, 0) is 47.3 Å². The molecule has 0 bridgehead atoms. The first-order chi connectivity index (χ1) is 11.1. The molecule has 5 nitrogen and oxygen atoms in total. The quantitative estimate of drug-likeness (QED) is 0.547. The van der Waals surface area contributed by atoms with E-state index in [1.54, 1.807) is 11.3 Å². The summed E-state index contributed by atoms with van der Waals surface area (Å²) >= 11 is 5.25. The number of guanidine groups is 1. The van der Waals surface area contributed by atoms with Gasteiger partial charge in [-0.15, -0.1) is 11.3 Å². The molecular weight excluding hydrogens is 376 g/mol. The predicted octanol–water partition coefficient (Wildman–Crippen LogP) is 3.92. The second kappa shape index (κ2) is 9.08. The number of rotatable bonds is 7. The Kier molecular flexibility index (Phi) is 7.11. The fraction of sp³-hybridized carbons (Fsp3) is 0.500. The van der Waals surface area contributed by atoms with Gasteiger partial charge in [-0.2, -0.15) is 0 Å². The highest BCUT2D eigenvalue weighted by atomic mass is 79.9. The van der Waals surface area contributed by atoms with Crippen molar-refractivity contribution in [2.45, 2.75) is 39.7 Å². The van der Waals surface area contributed by atoms with Crippen molar-refractivity contribution in [3.05, 3.63) is 38.3 Å². The van der Waals surface area contributed by atoms with Gasteiger partial charge in [-0.1, -0.05) is 19.0 Å². The van der Waals surface area contributed by atoms with Gasteiger partial charge >= 0.3 is 0 Å². The minimum Gasteiger partial charge on any atom is -0.359 e. The molecule has 0 aromatic carbocycles. The van der Waals surface area contributed by atoms with Crippen LogP contribution in [0, 0.1) is 0 Å². The molecule has 2 N–H and O–H groups in total. The fourth-order valence-electron chi connectivity index (χ4n) is 1.96. The van der Waals surface area contributed by atoms with E-state index >= 15 is 0 Å². The Morgan fingerprint density at radius 2 is 2.22 bits per heavy atom. The van der Waals surface area contributed by atoms with Gasteiger partial charge in [0.15, 0.2) is 11.7 Å². The highest BCUT2D eigenvalue weighted by Gasteiger charge is 2.07. The maximum Gasteiger partial charge on any atom is 0.191 e. The summed E-state index contributed by atoms with van der Waals surface area (Å²) in [4.78, 5) is 5.89. The molecule has 126 valence electrons. The van der Waals surface area contributed by atoms with Crippen molar-refractivity contribution in [3.63, 3.8) is 0 Å². The Hall–Kier alpha value is -1.34. The van der Waals surface area contributed by atoms with Gasteiger partial charge in [0.1, 0.15) is 6.54 Å². The Balaban J connectivity index is 1.85. The van der Waals surface area contributed by atoms with Crippen LogP contribution in [-0.4, -0.2) is 24.2 Å². The Labute approximate surface area is 149 Å². The molecule has 0 atom stereocenters. The number of aromatic nitrogens is 1. The molecule has 0 aliphatic carbocycles. The molecular formula is C16H23BrN4OS. The standard InChI is InChI=1S/C16H23BrN4OS/c1-4-18-16(19-8-7-13-5-6-15(17)23-13)20-10-12-9-14(11(2)3)21-22-12/h5-6,9,11H,4,7-8,10H2,1-3H3,(H2,18,19,20). The first-order valence-electron chi connectivity index (χ1n) is 7.80. The lowest BCUT2D eigenvalue weighted by molar-refractivity contribution is 0.376. The highest BCUT2D eigenvalue weighted by Crippen LogP contribution is 2.22. The first kappa shape index (κ1) is 18.0. The van der Waals surface area contributed by atoms with Crippen LogP contribution < -0.4 is 10.6 Å². The average Bonchev–Trinajstić information content (AvgIpc) is 3.14. The van der Waals surface area contributed by atoms with Crippen molar-refractivity contribution in [1.29, 1.82) is 0 Å². The normalized spacial score (nSPS) is 12.0. The van der Waals surface area contributed by atoms with E-state index in [9.17, 15) is 0 Å². The third-order valence-electron chi connectivity index (χ3n) is 3.20. The van der Waals surface area contributed by atoms with Crippen molar-refractivity contribution in [3.8, 4) is 0 Å². The van der Waals surface area contributed by atoms with Gasteiger partial charge in [-0.25, -0.2) is 4.99 Å². The number of halogens is 1. The van der Waals surface area contributed by atoms with Crippen LogP contribution in [0.15, 0.2) is 31.5 Å². The second-order valence-corrected chi connectivity index (χ2v) is 8.00. The van der Waals surface area contributed by atoms with E-state index in [4.69, 9.17) is 4.52 Å². The van der Waals surface area contributed by atoms with Crippen molar-refractivity contribution in [2.75, 3.05) is 13.1 Å². The van der Waals surface area contributed by atoms with E-state index < -0.39 is 0 Å². The molecule has 0 unspecified atom stereocenters. The van der Waals surface area contributed by atoms with Gasteiger partial charge in [-0.3, -0.25) is 0 Å². The lowest BCUT2D eigenvalue weighted by atomic mass is 10.1. The van der Waals surface area contributed by atoms with Gasteiger partial charge in [0, 0.05) is 24.0 Å². The number of hydrogen-bond donors (Lipinski definition) is 2. The SMILES string of the molecule is CCNC(=NCc1cc(C(C)C)no1)NCCc1ccc(Br)s1. The van der Waals surface area contributed by atoms with E-state index in [1.165, 1.54) is 8.66 Å². The molecule has 2 heterocycles. The molecule has 0 aliphatic rings. The van der Waals surface area contributed by atoms with Crippen LogP contribution in [0.1, 0.15) is 43.0 Å². The maximum absolute atomic E-state index is 5.31. The molecule has 2 aromatic heterocycles. The Bertz CT molecular complexity index is 636. The third kappa shape index (κ3) is 5.99. The summed E-state index contributed by atoms with van der Waals surface area (Å²) in [6, 6.07) is 6.19. The summed E-state index contributed by atoms with van der Waals surface area (Å²) in [5, 5.41) is 10.6. The van der Waals surface area contributed by atoms with Crippen LogP contribution in [0.5, 0.6) is 0 Å². The van der Waals surface area contributed by atoms with Crippen LogP contribution in [-0.2, 0) is 13.0 Å². The summed E-state index contributed by atoms with van der Waals surface area (Å²) in [6.07, 6.45) is 0.973. The van der Waals surface area contributed by atoms with Crippen molar-refractivity contribution in [2.24, 2.45) is 4.99 Å². The number of thiophene rings is 1. The van der Waals surface area contributed by atoms with E-state index in [2.05, 4.69) is 69.6 Å². The minimum atomic E-state index is 0.368. The maximum atomic E-state index is 5.31. The van der Waals surface area contributed by atoms with Crippen LogP contribution in [0.4, 0.5) is 0 Å². The van der Waals surface area contributed by atoms with E-state index in [0.717, 1.165) is 36.9 Å². The molecule has 23 heavy (non-hydrogen) atoms. The zero-order valence-electron chi connectivity index (χ0n) is 13.7. The molecule has 7 heteroatoms. The van der Waals surface area contributed by atoms with Crippen LogP contribution in [0.2, 0.25) is 0 Å². The molecule has 0 radical (unpaired) electrons. The molecule has 0 saturated heterocycles. The van der Waals surface area contributed by atoms with Gasteiger partial charge in [0.2, 0.25) is 0 Å². The van der Waals surface area contributed by atoms with E-state index in [-0.39, 0.29) is 0 Å². The van der Waals surface area contributed by atoms with Crippen molar-refractivity contribution in [1.82, 2.24) is 15.8 Å². The molecule has 2 rings (SSSR count). The number of aliphatic imine (C=N–C) groups is 1. The Morgan fingerprint density at radius 3 is 2.83 bits per heavy atom. The molecule has 0 fully saturated rings. The van der Waals surface area contributed by atoms with Crippen molar-refractivity contribution >= 4 is 33.2 Å². The molecule has 2 aromatic rings. The molecule has 0 saturated carbocycles. The first-order valence-corrected chi connectivity index (χ1v) is 9.41. The van der Waals surface area contributed by atoms with E-state index in [1.807, 2.05) is 6.07 Å². The topological polar surface area (TPSA) is 62.5 Å². The highest BCUT2D eigenvalue weighted by molar-refractivity contribution is 9.11. The smallest absolute Gasteiger partial charge is 0.191 e. The second-order valence-electron chi connectivity index (χ2n) is 5.45. The lowest BCUT2D eigenvalue weighted by Gasteiger charge is -2.10. The summed E-state index contributed by atoms with van der Waals surface area (Å²) in [6.45, 7) is 8.40. The largest absolute Gasteiger partial charge is 0.359 e. The molecule has 0 spiro atoms. The number of nitrogens with zero attached hydrogens (tertiary/aromatic N) is 2. The number of hydrogen-bond acceptors (Lipinski definition) is 4. The number of nitrogens with one attached hydrogen (secondary N) is 2.